The summed E-state index contributed by atoms with van der Waals surface area (Å²) >= 11 is 0. The van der Waals surface area contributed by atoms with Crippen LogP contribution in [-0.4, -0.2) is 54.0 Å². The summed E-state index contributed by atoms with van der Waals surface area (Å²) in [7, 11) is 0. The van der Waals surface area contributed by atoms with Gasteiger partial charge in [0, 0.05) is 43.4 Å². The predicted octanol–water partition coefficient (Wildman–Crippen LogP) is 4.58. The molecule has 1 unspecified atom stereocenters. The van der Waals surface area contributed by atoms with Crippen molar-refractivity contribution in [1.29, 1.82) is 0 Å². The van der Waals surface area contributed by atoms with E-state index in [1.54, 1.807) is 23.1 Å². The van der Waals surface area contributed by atoms with Crippen LogP contribution in [0.15, 0.2) is 36.4 Å². The van der Waals surface area contributed by atoms with Gasteiger partial charge in [0.05, 0.1) is 12.7 Å². The molecule has 2 aromatic carbocycles. The third-order valence-corrected chi connectivity index (χ3v) is 5.25. The van der Waals surface area contributed by atoms with Crippen LogP contribution >= 0.6 is 0 Å². The fourth-order valence-electron chi connectivity index (χ4n) is 3.81. The van der Waals surface area contributed by atoms with Gasteiger partial charge in [-0.25, -0.2) is 8.78 Å². The van der Waals surface area contributed by atoms with E-state index in [0.29, 0.717) is 42.9 Å². The van der Waals surface area contributed by atoms with Gasteiger partial charge in [-0.15, -0.1) is 0 Å². The molecule has 2 aromatic rings. The summed E-state index contributed by atoms with van der Waals surface area (Å²) in [6, 6.07) is 8.37. The Labute approximate surface area is 188 Å². The van der Waals surface area contributed by atoms with Crippen LogP contribution in [0.3, 0.4) is 0 Å². The Kier molecular flexibility index (Phi) is 7.96. The molecule has 7 heteroatoms. The Morgan fingerprint density at radius 1 is 0.906 bits per heavy atom. The minimum atomic E-state index is -0.689. The molecule has 172 valence electrons. The lowest BCUT2D eigenvalue weighted by Crippen LogP contribution is -2.35. The second kappa shape index (κ2) is 10.7. The van der Waals surface area contributed by atoms with Gasteiger partial charge in [-0.1, -0.05) is 13.8 Å². The van der Waals surface area contributed by atoms with Crippen LogP contribution < -0.4 is 0 Å². The van der Waals surface area contributed by atoms with Gasteiger partial charge in [0.2, 0.25) is 0 Å². The van der Waals surface area contributed by atoms with Crippen molar-refractivity contribution in [2.24, 2.45) is 0 Å². The quantitative estimate of drug-likeness (QED) is 0.504. The molecule has 5 nitrogen and oxygen atoms in total. The first-order valence-corrected chi connectivity index (χ1v) is 11.1. The number of aryl methyl sites for hydroxylation is 1. The van der Waals surface area contributed by atoms with Gasteiger partial charge in [0.25, 0.3) is 11.8 Å². The first kappa shape index (κ1) is 23.9. The van der Waals surface area contributed by atoms with E-state index in [1.807, 2.05) is 20.8 Å². The smallest absolute Gasteiger partial charge is 0.254 e. The minimum Gasteiger partial charge on any atom is -0.371 e. The number of carbonyl (C=O) groups excluding carboxylic acids is 2. The lowest BCUT2D eigenvalue weighted by molar-refractivity contribution is 0.0729. The van der Waals surface area contributed by atoms with Crippen molar-refractivity contribution in [3.63, 3.8) is 0 Å². The number of carbonyl (C=O) groups is 2. The fourth-order valence-corrected chi connectivity index (χ4v) is 3.81. The van der Waals surface area contributed by atoms with Gasteiger partial charge in [-0.3, -0.25) is 9.59 Å². The van der Waals surface area contributed by atoms with E-state index in [-0.39, 0.29) is 24.5 Å². The average Bonchev–Trinajstić information content (AvgIpc) is 3.55. The number of halogens is 2. The molecule has 0 aromatic heterocycles. The molecule has 3 rings (SSSR count). The summed E-state index contributed by atoms with van der Waals surface area (Å²) < 4.78 is 32.6. The van der Waals surface area contributed by atoms with E-state index in [0.717, 1.165) is 24.5 Å². The molecule has 1 heterocycles. The highest BCUT2D eigenvalue weighted by Gasteiger charge is 2.29. The summed E-state index contributed by atoms with van der Waals surface area (Å²) in [5.41, 5.74) is 2.00. The van der Waals surface area contributed by atoms with E-state index >= 15 is 0 Å². The second-order valence-electron chi connectivity index (χ2n) is 8.30. The number of hydrogen-bond donors (Lipinski definition) is 0. The molecule has 1 saturated heterocycles. The van der Waals surface area contributed by atoms with Gasteiger partial charge in [0.1, 0.15) is 11.6 Å². The molecule has 1 fully saturated rings. The Morgan fingerprint density at radius 3 is 1.94 bits per heavy atom. The molecular formula is C25H30F2N2O3. The van der Waals surface area contributed by atoms with Crippen LogP contribution in [0, 0.1) is 18.6 Å². The second-order valence-corrected chi connectivity index (χ2v) is 8.30. The highest BCUT2D eigenvalue weighted by Crippen LogP contribution is 2.20. The van der Waals surface area contributed by atoms with Crippen molar-refractivity contribution in [2.75, 3.05) is 26.2 Å². The molecule has 0 radical (unpaired) electrons. The van der Waals surface area contributed by atoms with Crippen LogP contribution in [0.2, 0.25) is 0 Å². The summed E-state index contributed by atoms with van der Waals surface area (Å²) in [5.74, 6) is -1.79. The monoisotopic (exact) mass is 444 g/mol. The largest absolute Gasteiger partial charge is 0.371 e. The van der Waals surface area contributed by atoms with Crippen molar-refractivity contribution in [3.8, 4) is 0 Å². The number of rotatable bonds is 10. The number of amides is 2. The van der Waals surface area contributed by atoms with Crippen LogP contribution in [0.4, 0.5) is 8.78 Å². The molecule has 0 bridgehead atoms. The van der Waals surface area contributed by atoms with Gasteiger partial charge >= 0.3 is 0 Å². The SMILES string of the molecule is CCCN(CCC)C(=O)c1cc(C)cc(C(=O)N(Cc2cc(F)cc(F)c2)CC2CO2)c1. The van der Waals surface area contributed by atoms with Gasteiger partial charge < -0.3 is 14.5 Å². The highest BCUT2D eigenvalue weighted by molar-refractivity contribution is 6.00. The number of ether oxygens (including phenoxy) is 1. The lowest BCUT2D eigenvalue weighted by Gasteiger charge is -2.24. The summed E-state index contributed by atoms with van der Waals surface area (Å²) in [6.07, 6.45) is 1.61. The number of hydrogen-bond acceptors (Lipinski definition) is 3. The summed E-state index contributed by atoms with van der Waals surface area (Å²) in [5, 5.41) is 0. The maximum Gasteiger partial charge on any atom is 0.254 e. The van der Waals surface area contributed by atoms with Gasteiger partial charge in [0.15, 0.2) is 0 Å². The van der Waals surface area contributed by atoms with E-state index in [2.05, 4.69) is 0 Å². The molecule has 1 aliphatic rings. The Morgan fingerprint density at radius 2 is 1.44 bits per heavy atom. The van der Waals surface area contributed by atoms with E-state index in [1.165, 1.54) is 17.0 Å². The van der Waals surface area contributed by atoms with Gasteiger partial charge in [-0.2, -0.15) is 0 Å². The number of nitrogens with zero attached hydrogens (tertiary/aromatic N) is 2. The van der Waals surface area contributed by atoms with Crippen LogP contribution in [0.1, 0.15) is 58.5 Å². The predicted molar refractivity (Wildman–Crippen MR) is 119 cm³/mol. The molecule has 0 N–H and O–H groups in total. The highest BCUT2D eigenvalue weighted by atomic mass is 19.1. The maximum absolute atomic E-state index is 13.7. The zero-order chi connectivity index (χ0) is 23.3. The van der Waals surface area contributed by atoms with E-state index in [9.17, 15) is 18.4 Å². The minimum absolute atomic E-state index is 0.0440. The summed E-state index contributed by atoms with van der Waals surface area (Å²) in [6.45, 7) is 8.09. The van der Waals surface area contributed by atoms with Crippen molar-refractivity contribution in [1.82, 2.24) is 9.80 Å². The van der Waals surface area contributed by atoms with Crippen LogP contribution in [-0.2, 0) is 11.3 Å². The lowest BCUT2D eigenvalue weighted by atomic mass is 10.0. The first-order valence-electron chi connectivity index (χ1n) is 11.1. The third kappa shape index (κ3) is 6.36. The molecule has 32 heavy (non-hydrogen) atoms. The maximum atomic E-state index is 13.7. The zero-order valence-electron chi connectivity index (χ0n) is 18.9. The molecule has 1 aliphatic heterocycles. The van der Waals surface area contributed by atoms with Crippen LogP contribution in [0.25, 0.3) is 0 Å². The molecule has 0 aliphatic carbocycles. The summed E-state index contributed by atoms with van der Waals surface area (Å²) in [4.78, 5) is 29.8. The van der Waals surface area contributed by atoms with Crippen molar-refractivity contribution in [2.45, 2.75) is 46.3 Å². The Hall–Kier alpha value is -2.80. The van der Waals surface area contributed by atoms with Crippen molar-refractivity contribution < 1.29 is 23.1 Å². The third-order valence-electron chi connectivity index (χ3n) is 5.25. The Balaban J connectivity index is 1.87. The van der Waals surface area contributed by atoms with Crippen LogP contribution in [0.5, 0.6) is 0 Å². The normalized spacial score (nSPS) is 14.8. The molecule has 0 spiro atoms. The standard InChI is InChI=1S/C25H30F2N2O3/c1-4-6-28(7-5-2)24(30)19-8-17(3)9-20(12-19)25(31)29(15-23-16-32-23)14-18-10-21(26)13-22(27)11-18/h8-13,23H,4-7,14-16H2,1-3H3. The molecule has 1 atom stereocenters. The molecule has 0 saturated carbocycles. The fraction of sp³-hybridized carbons (Fsp3) is 0.440. The molecular weight excluding hydrogens is 414 g/mol. The van der Waals surface area contributed by atoms with E-state index < -0.39 is 11.6 Å². The van der Waals surface area contributed by atoms with Crippen molar-refractivity contribution >= 4 is 11.8 Å². The number of epoxide rings is 1. The molecule has 2 amide bonds. The number of benzene rings is 2. The average molecular weight is 445 g/mol. The van der Waals surface area contributed by atoms with E-state index in [4.69, 9.17) is 4.74 Å². The van der Waals surface area contributed by atoms with Crippen molar-refractivity contribution in [3.05, 3.63) is 70.3 Å². The van der Waals surface area contributed by atoms with Gasteiger partial charge in [-0.05, 0) is 61.2 Å². The first-order chi connectivity index (χ1) is 15.3. The zero-order valence-corrected chi connectivity index (χ0v) is 18.9. The topological polar surface area (TPSA) is 53.2 Å². The Bertz CT molecular complexity index is 949.